The number of aliphatic hydroxyl groups is 1. The number of hydrogen-bond donors (Lipinski definition) is 2. The predicted molar refractivity (Wildman–Crippen MR) is 82.6 cm³/mol. The Labute approximate surface area is 125 Å². The minimum atomic E-state index is -0.448. The molecule has 1 aliphatic heterocycles. The second-order valence-electron chi connectivity index (χ2n) is 5.55. The highest BCUT2D eigenvalue weighted by Gasteiger charge is 2.27. The molecule has 2 rings (SSSR count). The summed E-state index contributed by atoms with van der Waals surface area (Å²) in [5.74, 6) is 0.924. The number of β-amino-alcohol motifs (C(OH)–C–C–N with tert-alkyl or cyclic N) is 1. The molecule has 5 heteroatoms. The Morgan fingerprint density at radius 1 is 1.48 bits per heavy atom. The fraction of sp³-hybridized carbons (Fsp3) is 0.562. The van der Waals surface area contributed by atoms with Crippen molar-refractivity contribution in [2.75, 3.05) is 25.0 Å². The zero-order chi connectivity index (χ0) is 15.2. The average Bonchev–Trinajstić information content (AvgIpc) is 2.49. The van der Waals surface area contributed by atoms with Gasteiger partial charge in [0, 0.05) is 13.1 Å². The summed E-state index contributed by atoms with van der Waals surface area (Å²) in [6, 6.07) is 7.23. The second-order valence-corrected chi connectivity index (χ2v) is 5.55. The van der Waals surface area contributed by atoms with Crippen LogP contribution in [0.15, 0.2) is 24.3 Å². The molecular formula is C16H24N2O3. The number of nitrogens with one attached hydrogen (secondary N) is 1. The standard InChI is InChI=1S/C16H24N2O3/c1-3-10-21-15-7-5-4-6-13(15)17-16(20)18-9-8-12(2)14(19)11-18/h4-7,12,14,19H,3,8-11H2,1-2H3,(H,17,20). The SMILES string of the molecule is CCCOc1ccccc1NC(=O)N1CCC(C)C(O)C1. The summed E-state index contributed by atoms with van der Waals surface area (Å²) in [4.78, 5) is 13.9. The van der Waals surface area contributed by atoms with Gasteiger partial charge in [0.2, 0.25) is 0 Å². The van der Waals surface area contributed by atoms with Crippen LogP contribution in [0.1, 0.15) is 26.7 Å². The van der Waals surface area contributed by atoms with Gasteiger partial charge in [-0.25, -0.2) is 4.79 Å². The van der Waals surface area contributed by atoms with Gasteiger partial charge in [-0.1, -0.05) is 26.0 Å². The number of rotatable bonds is 4. The van der Waals surface area contributed by atoms with Crippen molar-refractivity contribution in [1.29, 1.82) is 0 Å². The molecule has 0 aliphatic carbocycles. The van der Waals surface area contributed by atoms with Crippen molar-refractivity contribution in [3.8, 4) is 5.75 Å². The van der Waals surface area contributed by atoms with E-state index in [2.05, 4.69) is 5.32 Å². The maximum atomic E-state index is 12.3. The summed E-state index contributed by atoms with van der Waals surface area (Å²) in [5.41, 5.74) is 0.670. The first-order chi connectivity index (χ1) is 10.1. The normalized spacial score (nSPS) is 22.0. The molecule has 2 atom stereocenters. The van der Waals surface area contributed by atoms with Crippen molar-refractivity contribution < 1.29 is 14.6 Å². The highest BCUT2D eigenvalue weighted by atomic mass is 16.5. The third kappa shape index (κ3) is 4.11. The van der Waals surface area contributed by atoms with Gasteiger partial charge in [-0.15, -0.1) is 0 Å². The summed E-state index contributed by atoms with van der Waals surface area (Å²) in [5, 5.41) is 12.8. The highest BCUT2D eigenvalue weighted by molar-refractivity contribution is 5.91. The van der Waals surface area contributed by atoms with Gasteiger partial charge in [-0.2, -0.15) is 0 Å². The van der Waals surface area contributed by atoms with E-state index < -0.39 is 6.10 Å². The number of aliphatic hydroxyl groups excluding tert-OH is 1. The molecule has 2 unspecified atom stereocenters. The van der Waals surface area contributed by atoms with Crippen LogP contribution in [0.3, 0.4) is 0 Å². The van der Waals surface area contributed by atoms with Crippen LogP contribution in [-0.4, -0.2) is 41.8 Å². The van der Waals surface area contributed by atoms with Gasteiger partial charge in [0.1, 0.15) is 5.75 Å². The number of amides is 2. The van der Waals surface area contributed by atoms with Crippen LogP contribution in [0.5, 0.6) is 5.75 Å². The first-order valence-corrected chi connectivity index (χ1v) is 7.57. The number of benzene rings is 1. The van der Waals surface area contributed by atoms with Crippen molar-refractivity contribution in [3.63, 3.8) is 0 Å². The minimum Gasteiger partial charge on any atom is -0.491 e. The molecule has 1 aromatic rings. The van der Waals surface area contributed by atoms with Crippen molar-refractivity contribution >= 4 is 11.7 Å². The molecule has 1 fully saturated rings. The summed E-state index contributed by atoms with van der Waals surface area (Å²) in [6.07, 6.45) is 1.29. The van der Waals surface area contributed by atoms with Crippen molar-refractivity contribution in [1.82, 2.24) is 4.90 Å². The molecule has 5 nitrogen and oxygen atoms in total. The minimum absolute atomic E-state index is 0.187. The number of likely N-dealkylation sites (tertiary alicyclic amines) is 1. The molecule has 0 aromatic heterocycles. The van der Waals surface area contributed by atoms with Gasteiger partial charge in [0.15, 0.2) is 0 Å². The Hall–Kier alpha value is -1.75. The van der Waals surface area contributed by atoms with E-state index in [9.17, 15) is 9.90 Å². The maximum absolute atomic E-state index is 12.3. The van der Waals surface area contributed by atoms with E-state index in [-0.39, 0.29) is 11.9 Å². The van der Waals surface area contributed by atoms with Crippen LogP contribution in [0.25, 0.3) is 0 Å². The van der Waals surface area contributed by atoms with Crippen LogP contribution >= 0.6 is 0 Å². The third-order valence-corrected chi connectivity index (χ3v) is 3.80. The van der Waals surface area contributed by atoms with E-state index in [0.29, 0.717) is 31.1 Å². The summed E-state index contributed by atoms with van der Waals surface area (Å²) in [6.45, 7) is 5.71. The van der Waals surface area contributed by atoms with Crippen LogP contribution in [0, 0.1) is 5.92 Å². The van der Waals surface area contributed by atoms with Crippen molar-refractivity contribution in [2.24, 2.45) is 5.92 Å². The molecule has 0 saturated carbocycles. The summed E-state index contributed by atoms with van der Waals surface area (Å²) in [7, 11) is 0. The number of carbonyl (C=O) groups is 1. The van der Waals surface area contributed by atoms with E-state index in [1.807, 2.05) is 38.1 Å². The topological polar surface area (TPSA) is 61.8 Å². The Morgan fingerprint density at radius 3 is 2.95 bits per heavy atom. The number of anilines is 1. The zero-order valence-electron chi connectivity index (χ0n) is 12.7. The molecule has 1 saturated heterocycles. The van der Waals surface area contributed by atoms with E-state index in [4.69, 9.17) is 4.74 Å². The summed E-state index contributed by atoms with van der Waals surface area (Å²) >= 11 is 0. The van der Waals surface area contributed by atoms with Gasteiger partial charge in [0.05, 0.1) is 18.4 Å². The lowest BCUT2D eigenvalue weighted by molar-refractivity contribution is 0.0463. The van der Waals surface area contributed by atoms with Crippen LogP contribution < -0.4 is 10.1 Å². The van der Waals surface area contributed by atoms with Gasteiger partial charge >= 0.3 is 6.03 Å². The number of hydrogen-bond acceptors (Lipinski definition) is 3. The molecule has 1 aromatic carbocycles. The molecule has 1 heterocycles. The number of para-hydroxylation sites is 2. The van der Waals surface area contributed by atoms with Gasteiger partial charge in [-0.05, 0) is 30.9 Å². The van der Waals surface area contributed by atoms with E-state index in [0.717, 1.165) is 12.8 Å². The number of nitrogens with zero attached hydrogens (tertiary/aromatic N) is 1. The number of ether oxygens (including phenoxy) is 1. The molecule has 0 bridgehead atoms. The number of urea groups is 1. The zero-order valence-corrected chi connectivity index (χ0v) is 12.7. The fourth-order valence-corrected chi connectivity index (χ4v) is 2.34. The molecule has 1 aliphatic rings. The number of carbonyl (C=O) groups excluding carboxylic acids is 1. The lowest BCUT2D eigenvalue weighted by Gasteiger charge is -2.34. The smallest absolute Gasteiger partial charge is 0.322 e. The first kappa shape index (κ1) is 15.6. The largest absolute Gasteiger partial charge is 0.491 e. The quantitative estimate of drug-likeness (QED) is 0.897. The molecule has 0 radical (unpaired) electrons. The molecule has 0 spiro atoms. The lowest BCUT2D eigenvalue weighted by atomic mass is 9.96. The van der Waals surface area contributed by atoms with Crippen LogP contribution in [0.4, 0.5) is 10.5 Å². The average molecular weight is 292 g/mol. The van der Waals surface area contributed by atoms with E-state index >= 15 is 0 Å². The summed E-state index contributed by atoms with van der Waals surface area (Å²) < 4.78 is 5.63. The second kappa shape index (κ2) is 7.31. The molecular weight excluding hydrogens is 268 g/mol. The fourth-order valence-electron chi connectivity index (χ4n) is 2.34. The van der Waals surface area contributed by atoms with Crippen LogP contribution in [0.2, 0.25) is 0 Å². The maximum Gasteiger partial charge on any atom is 0.322 e. The van der Waals surface area contributed by atoms with Gasteiger partial charge in [0.25, 0.3) is 0 Å². The first-order valence-electron chi connectivity index (χ1n) is 7.57. The number of piperidine rings is 1. The Balaban J connectivity index is 1.99. The Bertz CT molecular complexity index is 478. The highest BCUT2D eigenvalue weighted by Crippen LogP contribution is 2.25. The van der Waals surface area contributed by atoms with E-state index in [1.54, 1.807) is 4.90 Å². The molecule has 2 N–H and O–H groups in total. The molecule has 2 amide bonds. The Kier molecular flexibility index (Phi) is 5.44. The van der Waals surface area contributed by atoms with E-state index in [1.165, 1.54) is 0 Å². The molecule has 21 heavy (non-hydrogen) atoms. The lowest BCUT2D eigenvalue weighted by Crippen LogP contribution is -2.47. The van der Waals surface area contributed by atoms with Crippen molar-refractivity contribution in [2.45, 2.75) is 32.8 Å². The third-order valence-electron chi connectivity index (χ3n) is 3.80. The monoisotopic (exact) mass is 292 g/mol. The molecule has 116 valence electrons. The van der Waals surface area contributed by atoms with Crippen molar-refractivity contribution in [3.05, 3.63) is 24.3 Å². The van der Waals surface area contributed by atoms with Gasteiger partial charge in [-0.3, -0.25) is 0 Å². The predicted octanol–water partition coefficient (Wildman–Crippen LogP) is 2.71. The van der Waals surface area contributed by atoms with Gasteiger partial charge < -0.3 is 20.1 Å². The van der Waals surface area contributed by atoms with Crippen LogP contribution in [-0.2, 0) is 0 Å². The Morgan fingerprint density at radius 2 is 2.24 bits per heavy atom.